The van der Waals surface area contributed by atoms with E-state index in [9.17, 15) is 9.59 Å². The van der Waals surface area contributed by atoms with Crippen molar-refractivity contribution in [1.82, 2.24) is 0 Å². The first-order valence-corrected chi connectivity index (χ1v) is 9.72. The van der Waals surface area contributed by atoms with Crippen LogP contribution in [0.25, 0.3) is 29.9 Å². The smallest absolute Gasteiger partial charge is 0.870 e. The molecule has 31 heavy (non-hydrogen) atoms. The largest absolute Gasteiger partial charge is 1.00 e. The van der Waals surface area contributed by atoms with Gasteiger partial charge in [0.2, 0.25) is 0 Å². The maximum Gasteiger partial charge on any atom is 1.00 e. The predicted octanol–water partition coefficient (Wildman–Crippen LogP) is 3.22. The summed E-state index contributed by atoms with van der Waals surface area (Å²) in [5.41, 5.74) is 1.12. The van der Waals surface area contributed by atoms with Crippen LogP contribution in [0.4, 0.5) is 11.4 Å². The van der Waals surface area contributed by atoms with Gasteiger partial charge in [-0.3, -0.25) is 0 Å². The van der Waals surface area contributed by atoms with Crippen LogP contribution in [-0.2, 0) is 4.74 Å². The Morgan fingerprint density at radius 1 is 0.871 bits per heavy atom. The summed E-state index contributed by atoms with van der Waals surface area (Å²) in [5.74, 6) is -1.25. The molecule has 2 aromatic heterocycles. The second-order valence-corrected chi connectivity index (χ2v) is 7.85. The van der Waals surface area contributed by atoms with E-state index in [0.717, 1.165) is 20.2 Å². The molecule has 0 aliphatic heterocycles. The molecule has 4 rings (SSSR count). The number of esters is 1. The van der Waals surface area contributed by atoms with Gasteiger partial charge in [0.25, 0.3) is 0 Å². The van der Waals surface area contributed by atoms with Crippen LogP contribution in [0, 0.1) is 13.1 Å². The average Bonchev–Trinajstić information content (AvgIpc) is 3.36. The molecule has 150 valence electrons. The zero-order chi connectivity index (χ0) is 21.0. The molecule has 0 aliphatic carbocycles. The fraction of sp³-hybridized carbons (Fsp3) is 0.0476. The average molecular weight is 460 g/mol. The van der Waals surface area contributed by atoms with Crippen LogP contribution < -0.4 is 29.6 Å². The Morgan fingerprint density at radius 2 is 1.32 bits per heavy atom. The minimum Gasteiger partial charge on any atom is -0.870 e. The summed E-state index contributed by atoms with van der Waals surface area (Å²) in [6.07, 6.45) is 0. The number of ether oxygens (including phenoxy) is 1. The Hall–Kier alpha value is -2.76. The second-order valence-electron chi connectivity index (χ2n) is 5.69. The summed E-state index contributed by atoms with van der Waals surface area (Å²) in [4.78, 5) is 29.4. The summed E-state index contributed by atoms with van der Waals surface area (Å²) in [5, 5.41) is 10.6. The molecule has 0 amide bonds. The van der Waals surface area contributed by atoms with Gasteiger partial charge in [0, 0.05) is 9.40 Å². The van der Waals surface area contributed by atoms with Gasteiger partial charge in [-0.15, -0.1) is 22.7 Å². The van der Waals surface area contributed by atoms with Crippen molar-refractivity contribution in [3.8, 4) is 0 Å². The van der Waals surface area contributed by atoms with Crippen LogP contribution in [0.1, 0.15) is 19.3 Å². The molecule has 0 fully saturated rings. The molecule has 0 atom stereocenters. The van der Waals surface area contributed by atoms with Crippen LogP contribution >= 0.6 is 22.7 Å². The number of benzene rings is 2. The van der Waals surface area contributed by atoms with E-state index in [1.165, 1.54) is 29.8 Å². The van der Waals surface area contributed by atoms with Crippen molar-refractivity contribution >= 4 is 66.2 Å². The molecule has 0 radical (unpaired) electrons. The summed E-state index contributed by atoms with van der Waals surface area (Å²) in [6.45, 7) is 13.7. The number of carboxylic acids is 1. The van der Waals surface area contributed by atoms with Crippen molar-refractivity contribution in [3.05, 3.63) is 81.1 Å². The van der Waals surface area contributed by atoms with Crippen molar-refractivity contribution < 1.29 is 54.5 Å². The number of carbonyl (C=O) groups is 2. The van der Waals surface area contributed by atoms with Crippen molar-refractivity contribution in [1.29, 1.82) is 0 Å². The molecule has 4 aromatic rings. The van der Waals surface area contributed by atoms with Gasteiger partial charge in [-0.1, -0.05) is 24.3 Å². The van der Waals surface area contributed by atoms with Crippen LogP contribution in [0.2, 0.25) is 0 Å². The van der Waals surface area contributed by atoms with E-state index in [-0.39, 0.29) is 41.0 Å². The van der Waals surface area contributed by atoms with Gasteiger partial charge in [-0.25, -0.2) is 19.3 Å². The van der Waals surface area contributed by atoms with Gasteiger partial charge in [0.15, 0.2) is 11.4 Å². The monoisotopic (exact) mass is 460 g/mol. The first kappa shape index (κ1) is 26.3. The normalized spacial score (nSPS) is 9.26. The predicted molar refractivity (Wildman–Crippen MR) is 116 cm³/mol. The Balaban J connectivity index is 0.000000292. The molecule has 0 spiro atoms. The number of thiophene rings is 2. The van der Waals surface area contributed by atoms with Gasteiger partial charge in [-0.05, 0) is 35.0 Å². The van der Waals surface area contributed by atoms with Crippen molar-refractivity contribution in [2.24, 2.45) is 0 Å². The second kappa shape index (κ2) is 11.6. The number of rotatable bonds is 2. The number of carbonyl (C=O) groups excluding carboxylic acids is 1. The van der Waals surface area contributed by atoms with Crippen molar-refractivity contribution in [2.75, 3.05) is 7.11 Å². The van der Waals surface area contributed by atoms with Gasteiger partial charge in [0.05, 0.1) is 20.3 Å². The van der Waals surface area contributed by atoms with E-state index >= 15 is 0 Å². The molecule has 0 saturated carbocycles. The third kappa shape index (κ3) is 6.12. The Labute approximate surface area is 207 Å². The summed E-state index contributed by atoms with van der Waals surface area (Å²) in [7, 11) is 1.36. The summed E-state index contributed by atoms with van der Waals surface area (Å²) >= 11 is 2.53. The molecule has 0 saturated heterocycles. The zero-order valence-electron chi connectivity index (χ0n) is 16.4. The third-order valence-corrected chi connectivity index (χ3v) is 6.03. The van der Waals surface area contributed by atoms with Gasteiger partial charge in [-0.2, -0.15) is 0 Å². The van der Waals surface area contributed by atoms with Gasteiger partial charge < -0.3 is 15.3 Å². The molecular formula is C21H13N2NaO5S2. The molecule has 2 heterocycles. The summed E-state index contributed by atoms with van der Waals surface area (Å²) < 4.78 is 6.41. The SMILES string of the molecule is [C-]#[N+]c1ccc2cc(C(=O)O)sc2c1.[C-]#[N+]c1ccc2cc(C(=O)OC)sc2c1.[Na+].[OH-]. The minimum absolute atomic E-state index is 0. The Morgan fingerprint density at radius 3 is 1.74 bits per heavy atom. The quantitative estimate of drug-likeness (QED) is 0.281. The standard InChI is InChI=1S/C11H7NO2S.C10H5NO2S.Na.H2O/c1-12-8-4-3-7-5-10(11(13)14-2)15-9(7)6-8;1-11-7-3-2-6-4-9(10(12)13)14-8(6)5-7;;/h3-6H,2H3;2-5H,(H,12,13);;1H2/q;;+1;/p-1. The molecule has 2 aromatic carbocycles. The van der Waals surface area contributed by atoms with E-state index in [2.05, 4.69) is 14.4 Å². The van der Waals surface area contributed by atoms with E-state index in [4.69, 9.17) is 18.3 Å². The number of hydrogen-bond donors (Lipinski definition) is 1. The molecule has 0 aliphatic rings. The van der Waals surface area contributed by atoms with E-state index in [0.29, 0.717) is 21.1 Å². The van der Waals surface area contributed by atoms with Crippen LogP contribution in [0.5, 0.6) is 0 Å². The maximum atomic E-state index is 11.3. The topological polar surface area (TPSA) is 102 Å². The van der Waals surface area contributed by atoms with Crippen molar-refractivity contribution in [2.45, 2.75) is 0 Å². The van der Waals surface area contributed by atoms with E-state index < -0.39 is 5.97 Å². The zero-order valence-corrected chi connectivity index (χ0v) is 20.1. The number of methoxy groups -OCH3 is 1. The number of fused-ring (bicyclic) bond motifs is 2. The van der Waals surface area contributed by atoms with Crippen LogP contribution in [0.3, 0.4) is 0 Å². The molecule has 0 unspecified atom stereocenters. The van der Waals surface area contributed by atoms with Crippen molar-refractivity contribution in [3.63, 3.8) is 0 Å². The fourth-order valence-electron chi connectivity index (χ4n) is 2.49. The Bertz CT molecular complexity index is 1330. The first-order chi connectivity index (χ1) is 13.9. The van der Waals surface area contributed by atoms with Gasteiger partial charge >= 0.3 is 41.5 Å². The summed E-state index contributed by atoms with van der Waals surface area (Å²) in [6, 6.07) is 13.9. The third-order valence-electron chi connectivity index (χ3n) is 3.86. The van der Waals surface area contributed by atoms with Gasteiger partial charge in [0.1, 0.15) is 9.75 Å². The maximum absolute atomic E-state index is 11.3. The van der Waals surface area contributed by atoms with Crippen LogP contribution in [-0.4, -0.2) is 29.6 Å². The number of hydrogen-bond acceptors (Lipinski definition) is 6. The Kier molecular flexibility index (Phi) is 9.82. The first-order valence-electron chi connectivity index (χ1n) is 8.09. The molecule has 10 heteroatoms. The molecular weight excluding hydrogens is 447 g/mol. The van der Waals surface area contributed by atoms with E-state index in [1.807, 2.05) is 6.07 Å². The number of nitrogens with zero attached hydrogens (tertiary/aromatic N) is 2. The number of aromatic carboxylic acids is 1. The molecule has 7 nitrogen and oxygen atoms in total. The van der Waals surface area contributed by atoms with E-state index in [1.54, 1.807) is 42.5 Å². The fourth-order valence-corrected chi connectivity index (χ4v) is 4.43. The number of carboxylic acid groups (broad SMARTS) is 1. The van der Waals surface area contributed by atoms with Crippen LogP contribution in [0.15, 0.2) is 48.5 Å². The molecule has 2 N–H and O–H groups in total. The molecule has 0 bridgehead atoms. The minimum atomic E-state index is -0.921.